The van der Waals surface area contributed by atoms with Gasteiger partial charge in [-0.1, -0.05) is 19.1 Å². The lowest BCUT2D eigenvalue weighted by molar-refractivity contribution is 0.567. The van der Waals surface area contributed by atoms with Crippen LogP contribution in [0.2, 0.25) is 0 Å². The van der Waals surface area contributed by atoms with Gasteiger partial charge >= 0.3 is 0 Å². The normalized spacial score (nSPS) is 13.1. The van der Waals surface area contributed by atoms with Crippen LogP contribution in [0.25, 0.3) is 0 Å². The first-order valence-corrected chi connectivity index (χ1v) is 3.65. The smallest absolute Gasteiger partial charge is 0.0137 e. The third-order valence-corrected chi connectivity index (χ3v) is 1.43. The third kappa shape index (κ3) is 7.99. The van der Waals surface area contributed by atoms with Crippen LogP contribution in [-0.4, -0.2) is 12.6 Å². The first-order chi connectivity index (χ1) is 4.31. The zero-order chi connectivity index (χ0) is 7.11. The lowest BCUT2D eigenvalue weighted by Crippen LogP contribution is -2.24. The van der Waals surface area contributed by atoms with E-state index in [0.717, 1.165) is 6.54 Å². The summed E-state index contributed by atoms with van der Waals surface area (Å²) >= 11 is 0. The minimum Gasteiger partial charge on any atom is -0.311 e. The van der Waals surface area contributed by atoms with Crippen LogP contribution in [0.5, 0.6) is 0 Å². The van der Waals surface area contributed by atoms with E-state index in [1.54, 1.807) is 0 Å². The fourth-order valence-electron chi connectivity index (χ4n) is 0.531. The molecule has 0 rings (SSSR count). The van der Waals surface area contributed by atoms with Crippen molar-refractivity contribution in [1.29, 1.82) is 0 Å². The fourth-order valence-corrected chi connectivity index (χ4v) is 0.531. The minimum atomic E-state index is 0. The number of hydrogen-bond acceptors (Lipinski definition) is 1. The molecule has 0 fully saturated rings. The second-order valence-electron chi connectivity index (χ2n) is 2.29. The lowest BCUT2D eigenvalue weighted by Gasteiger charge is -2.07. The van der Waals surface area contributed by atoms with Crippen molar-refractivity contribution in [2.75, 3.05) is 6.54 Å². The number of allylic oxidation sites excluding steroid dienone is 1. The summed E-state index contributed by atoms with van der Waals surface area (Å²) in [6.45, 7) is 7.43. The Bertz CT molecular complexity index is 81.3. The van der Waals surface area contributed by atoms with E-state index >= 15 is 0 Å². The highest BCUT2D eigenvalue weighted by Crippen LogP contribution is 1.85. The maximum absolute atomic E-state index is 3.35. The van der Waals surface area contributed by atoms with Crippen LogP contribution in [0.3, 0.4) is 0 Å². The molecular formula is C8H18ClN. The van der Waals surface area contributed by atoms with Crippen molar-refractivity contribution in [3.8, 4) is 0 Å². The number of nitrogens with one attached hydrogen (secondary N) is 1. The summed E-state index contributed by atoms with van der Waals surface area (Å²) in [4.78, 5) is 0. The molecule has 0 aliphatic heterocycles. The van der Waals surface area contributed by atoms with E-state index in [0.29, 0.717) is 6.04 Å². The van der Waals surface area contributed by atoms with Gasteiger partial charge in [0.1, 0.15) is 0 Å². The van der Waals surface area contributed by atoms with Crippen LogP contribution >= 0.6 is 12.4 Å². The molecule has 0 heterocycles. The molecule has 0 saturated carbocycles. The van der Waals surface area contributed by atoms with E-state index < -0.39 is 0 Å². The molecule has 0 aliphatic carbocycles. The van der Waals surface area contributed by atoms with Gasteiger partial charge in [0.15, 0.2) is 0 Å². The van der Waals surface area contributed by atoms with E-state index in [1.807, 2.05) is 6.92 Å². The largest absolute Gasteiger partial charge is 0.311 e. The molecule has 62 valence electrons. The Morgan fingerprint density at radius 2 is 2.10 bits per heavy atom. The van der Waals surface area contributed by atoms with Crippen molar-refractivity contribution >= 4 is 12.4 Å². The maximum atomic E-state index is 3.35. The molecular weight excluding hydrogens is 146 g/mol. The molecule has 2 heteroatoms. The SMILES string of the molecule is C/C=C/CNC(C)CC.Cl. The highest BCUT2D eigenvalue weighted by molar-refractivity contribution is 5.85. The van der Waals surface area contributed by atoms with Crippen molar-refractivity contribution in [3.05, 3.63) is 12.2 Å². The van der Waals surface area contributed by atoms with E-state index in [1.165, 1.54) is 6.42 Å². The molecule has 0 radical (unpaired) electrons. The molecule has 1 N–H and O–H groups in total. The van der Waals surface area contributed by atoms with Gasteiger partial charge in [-0.15, -0.1) is 12.4 Å². The summed E-state index contributed by atoms with van der Waals surface area (Å²) < 4.78 is 0. The molecule has 0 amide bonds. The first kappa shape index (κ1) is 12.6. The van der Waals surface area contributed by atoms with Crippen LogP contribution in [-0.2, 0) is 0 Å². The second-order valence-corrected chi connectivity index (χ2v) is 2.29. The Morgan fingerprint density at radius 1 is 1.50 bits per heavy atom. The quantitative estimate of drug-likeness (QED) is 0.628. The summed E-state index contributed by atoms with van der Waals surface area (Å²) in [6.07, 6.45) is 5.40. The van der Waals surface area contributed by atoms with Gasteiger partial charge in [-0.05, 0) is 20.3 Å². The number of halogens is 1. The van der Waals surface area contributed by atoms with E-state index in [2.05, 4.69) is 31.3 Å². The van der Waals surface area contributed by atoms with Gasteiger partial charge in [0.2, 0.25) is 0 Å². The van der Waals surface area contributed by atoms with Gasteiger partial charge in [-0.3, -0.25) is 0 Å². The molecule has 1 nitrogen and oxygen atoms in total. The second kappa shape index (κ2) is 8.99. The molecule has 0 spiro atoms. The van der Waals surface area contributed by atoms with E-state index in [-0.39, 0.29) is 12.4 Å². The van der Waals surface area contributed by atoms with Gasteiger partial charge in [0.25, 0.3) is 0 Å². The van der Waals surface area contributed by atoms with E-state index in [9.17, 15) is 0 Å². The minimum absolute atomic E-state index is 0. The summed E-state index contributed by atoms with van der Waals surface area (Å²) in [5.41, 5.74) is 0. The number of hydrogen-bond donors (Lipinski definition) is 1. The fraction of sp³-hybridized carbons (Fsp3) is 0.750. The van der Waals surface area contributed by atoms with Crippen LogP contribution in [0.1, 0.15) is 27.2 Å². The molecule has 0 aromatic heterocycles. The van der Waals surface area contributed by atoms with Crippen LogP contribution < -0.4 is 5.32 Å². The predicted molar refractivity (Wildman–Crippen MR) is 49.8 cm³/mol. The van der Waals surface area contributed by atoms with Crippen molar-refractivity contribution in [1.82, 2.24) is 5.32 Å². The monoisotopic (exact) mass is 163 g/mol. The van der Waals surface area contributed by atoms with Crippen molar-refractivity contribution < 1.29 is 0 Å². The van der Waals surface area contributed by atoms with Gasteiger partial charge < -0.3 is 5.32 Å². The van der Waals surface area contributed by atoms with Crippen LogP contribution in [0.15, 0.2) is 12.2 Å². The molecule has 0 aromatic carbocycles. The topological polar surface area (TPSA) is 12.0 Å². The predicted octanol–water partition coefficient (Wildman–Crippen LogP) is 2.37. The van der Waals surface area contributed by atoms with Gasteiger partial charge in [-0.2, -0.15) is 0 Å². The van der Waals surface area contributed by atoms with Crippen molar-refractivity contribution in [2.24, 2.45) is 0 Å². The summed E-state index contributed by atoms with van der Waals surface area (Å²) in [7, 11) is 0. The first-order valence-electron chi connectivity index (χ1n) is 3.65. The highest BCUT2D eigenvalue weighted by atomic mass is 35.5. The van der Waals surface area contributed by atoms with Gasteiger partial charge in [0, 0.05) is 12.6 Å². The third-order valence-electron chi connectivity index (χ3n) is 1.43. The molecule has 10 heavy (non-hydrogen) atoms. The maximum Gasteiger partial charge on any atom is 0.0137 e. The standard InChI is InChI=1S/C8H17N.ClH/c1-4-6-7-9-8(3)5-2;/h4,6,8-9H,5,7H2,1-3H3;1H/b6-4+;. The zero-order valence-corrected chi connectivity index (χ0v) is 7.87. The molecule has 1 unspecified atom stereocenters. The Morgan fingerprint density at radius 3 is 2.50 bits per heavy atom. The zero-order valence-electron chi connectivity index (χ0n) is 7.05. The summed E-state index contributed by atoms with van der Waals surface area (Å²) in [5.74, 6) is 0. The molecule has 0 saturated heterocycles. The molecule has 0 bridgehead atoms. The Labute approximate surface area is 70.3 Å². The molecule has 1 atom stereocenters. The van der Waals surface area contributed by atoms with Gasteiger partial charge in [-0.25, -0.2) is 0 Å². The molecule has 0 aliphatic rings. The van der Waals surface area contributed by atoms with Crippen molar-refractivity contribution in [3.63, 3.8) is 0 Å². The Balaban J connectivity index is 0. The van der Waals surface area contributed by atoms with E-state index in [4.69, 9.17) is 0 Å². The Hall–Kier alpha value is -0.0100. The Kier molecular flexibility index (Phi) is 11.4. The summed E-state index contributed by atoms with van der Waals surface area (Å²) in [6, 6.07) is 0.654. The average molecular weight is 164 g/mol. The van der Waals surface area contributed by atoms with Gasteiger partial charge in [0.05, 0.1) is 0 Å². The van der Waals surface area contributed by atoms with Crippen LogP contribution in [0.4, 0.5) is 0 Å². The number of rotatable bonds is 4. The van der Waals surface area contributed by atoms with Crippen molar-refractivity contribution in [2.45, 2.75) is 33.2 Å². The highest BCUT2D eigenvalue weighted by Gasteiger charge is 1.91. The summed E-state index contributed by atoms with van der Waals surface area (Å²) in [5, 5.41) is 3.35. The lowest BCUT2D eigenvalue weighted by atomic mass is 10.2. The molecule has 0 aromatic rings. The van der Waals surface area contributed by atoms with Crippen LogP contribution in [0, 0.1) is 0 Å². The average Bonchev–Trinajstić information content (AvgIpc) is 1.89.